The van der Waals surface area contributed by atoms with Crippen molar-refractivity contribution in [2.45, 2.75) is 105 Å². The molecule has 0 amide bonds. The van der Waals surface area contributed by atoms with Crippen LogP contribution < -0.4 is 5.73 Å². The quantitative estimate of drug-likeness (QED) is 0.465. The minimum atomic E-state index is -1.04. The van der Waals surface area contributed by atoms with E-state index in [-0.39, 0.29) is 39.8 Å². The SMILES string of the molecule is C[C@]1(C(=O)O)CC[C@]2(C)CC[C@]3(C)C(=CC(=O)[C@@H]4[C@@]5(C)CC[C@H](N)[C@@](C)(C(=O)O)[C@@H]5CC[C@]43C)[C@@H]2C1. The average Bonchev–Trinajstić information content (AvgIpc) is 2.79. The van der Waals surface area contributed by atoms with Gasteiger partial charge in [-0.3, -0.25) is 14.4 Å². The fourth-order valence-electron chi connectivity index (χ4n) is 10.4. The predicted molar refractivity (Wildman–Crippen MR) is 137 cm³/mol. The van der Waals surface area contributed by atoms with Gasteiger partial charge in [0.1, 0.15) is 0 Å². The van der Waals surface area contributed by atoms with Gasteiger partial charge in [0.15, 0.2) is 5.78 Å². The lowest BCUT2D eigenvalue weighted by molar-refractivity contribution is -0.199. The minimum Gasteiger partial charge on any atom is -0.481 e. The molecule has 6 nitrogen and oxygen atoms in total. The van der Waals surface area contributed by atoms with E-state index in [2.05, 4.69) is 27.7 Å². The Morgan fingerprint density at radius 3 is 2.14 bits per heavy atom. The van der Waals surface area contributed by atoms with Crippen LogP contribution in [-0.4, -0.2) is 34.0 Å². The second-order valence-corrected chi connectivity index (χ2v) is 14.8. The maximum Gasteiger partial charge on any atom is 0.311 e. The number of aliphatic carboxylic acids is 2. The molecule has 0 spiro atoms. The van der Waals surface area contributed by atoms with Gasteiger partial charge < -0.3 is 15.9 Å². The van der Waals surface area contributed by atoms with Crippen molar-refractivity contribution in [1.82, 2.24) is 0 Å². The molecule has 0 aliphatic heterocycles. The molecular formula is C30H45NO5. The molecule has 36 heavy (non-hydrogen) atoms. The Morgan fingerprint density at radius 2 is 1.53 bits per heavy atom. The van der Waals surface area contributed by atoms with Crippen molar-refractivity contribution >= 4 is 17.7 Å². The number of carboxylic acid groups (broad SMARTS) is 2. The van der Waals surface area contributed by atoms with Crippen molar-refractivity contribution < 1.29 is 24.6 Å². The molecular weight excluding hydrogens is 454 g/mol. The molecule has 5 aliphatic rings. The maximum atomic E-state index is 14.3. The number of rotatable bonds is 2. The molecule has 4 fully saturated rings. The van der Waals surface area contributed by atoms with Gasteiger partial charge in [0.05, 0.1) is 10.8 Å². The Labute approximate surface area is 215 Å². The van der Waals surface area contributed by atoms with Crippen molar-refractivity contribution in [1.29, 1.82) is 0 Å². The first-order chi connectivity index (χ1) is 16.5. The molecule has 4 N–H and O–H groups in total. The molecule has 0 radical (unpaired) electrons. The molecule has 5 rings (SSSR count). The number of carboxylic acids is 2. The molecule has 6 heteroatoms. The van der Waals surface area contributed by atoms with Gasteiger partial charge in [-0.15, -0.1) is 0 Å². The highest BCUT2D eigenvalue weighted by Crippen LogP contribution is 2.75. The van der Waals surface area contributed by atoms with Gasteiger partial charge in [-0.1, -0.05) is 33.3 Å². The van der Waals surface area contributed by atoms with Gasteiger partial charge in [0, 0.05) is 12.0 Å². The fourth-order valence-corrected chi connectivity index (χ4v) is 10.4. The smallest absolute Gasteiger partial charge is 0.311 e. The van der Waals surface area contributed by atoms with E-state index in [0.717, 1.165) is 38.5 Å². The van der Waals surface area contributed by atoms with Crippen LogP contribution >= 0.6 is 0 Å². The van der Waals surface area contributed by atoms with Crippen molar-refractivity contribution in [2.24, 2.45) is 56.0 Å². The van der Waals surface area contributed by atoms with Crippen molar-refractivity contribution in [3.05, 3.63) is 11.6 Å². The highest BCUT2D eigenvalue weighted by Gasteiger charge is 2.71. The summed E-state index contributed by atoms with van der Waals surface area (Å²) in [6, 6.07) is -0.413. The highest BCUT2D eigenvalue weighted by atomic mass is 16.4. The molecule has 5 aliphatic carbocycles. The van der Waals surface area contributed by atoms with Gasteiger partial charge in [-0.25, -0.2) is 0 Å². The highest BCUT2D eigenvalue weighted by molar-refractivity contribution is 5.96. The van der Waals surface area contributed by atoms with E-state index < -0.39 is 34.2 Å². The molecule has 0 unspecified atom stereocenters. The van der Waals surface area contributed by atoms with Crippen LogP contribution in [0.5, 0.6) is 0 Å². The third kappa shape index (κ3) is 2.91. The van der Waals surface area contributed by atoms with E-state index in [9.17, 15) is 24.6 Å². The first-order valence-corrected chi connectivity index (χ1v) is 14.0. The third-order valence-corrected chi connectivity index (χ3v) is 13.3. The van der Waals surface area contributed by atoms with Gasteiger partial charge in [0.25, 0.3) is 0 Å². The van der Waals surface area contributed by atoms with Crippen LogP contribution in [0.2, 0.25) is 0 Å². The molecule has 0 saturated heterocycles. The molecule has 10 atom stereocenters. The third-order valence-electron chi connectivity index (χ3n) is 13.3. The normalized spacial score (nSPS) is 54.3. The van der Waals surface area contributed by atoms with Crippen molar-refractivity contribution in [3.8, 4) is 0 Å². The van der Waals surface area contributed by atoms with Crippen LogP contribution in [0.4, 0.5) is 0 Å². The predicted octanol–water partition coefficient (Wildman–Crippen LogP) is 5.44. The summed E-state index contributed by atoms with van der Waals surface area (Å²) >= 11 is 0. The van der Waals surface area contributed by atoms with Gasteiger partial charge in [0.2, 0.25) is 0 Å². The van der Waals surface area contributed by atoms with E-state index in [4.69, 9.17) is 5.73 Å². The second-order valence-electron chi connectivity index (χ2n) is 14.8. The lowest BCUT2D eigenvalue weighted by Crippen LogP contribution is -2.68. The number of fused-ring (bicyclic) bond motifs is 7. The number of carbonyl (C=O) groups excluding carboxylic acids is 1. The Balaban J connectivity index is 1.63. The van der Waals surface area contributed by atoms with E-state index in [0.29, 0.717) is 19.3 Å². The molecule has 0 aromatic rings. The summed E-state index contributed by atoms with van der Waals surface area (Å²) in [5.41, 5.74) is 4.92. The largest absolute Gasteiger partial charge is 0.481 e. The molecule has 0 aromatic heterocycles. The Hall–Kier alpha value is -1.69. The first kappa shape index (κ1) is 25.9. The Bertz CT molecular complexity index is 1070. The van der Waals surface area contributed by atoms with E-state index in [1.807, 2.05) is 19.9 Å². The number of hydrogen-bond donors (Lipinski definition) is 3. The van der Waals surface area contributed by atoms with E-state index in [1.165, 1.54) is 5.57 Å². The summed E-state index contributed by atoms with van der Waals surface area (Å²) in [5, 5.41) is 20.4. The minimum absolute atomic E-state index is 0.0182. The molecule has 0 heterocycles. The fraction of sp³-hybridized carbons (Fsp3) is 0.833. The molecule has 4 saturated carbocycles. The molecule has 0 bridgehead atoms. The van der Waals surface area contributed by atoms with Crippen LogP contribution in [0.3, 0.4) is 0 Å². The summed E-state index contributed by atoms with van der Waals surface area (Å²) < 4.78 is 0. The van der Waals surface area contributed by atoms with Crippen molar-refractivity contribution in [3.63, 3.8) is 0 Å². The maximum absolute atomic E-state index is 14.3. The van der Waals surface area contributed by atoms with Gasteiger partial charge in [-0.05, 0) is 111 Å². The van der Waals surface area contributed by atoms with E-state index >= 15 is 0 Å². The van der Waals surface area contributed by atoms with Crippen LogP contribution in [0, 0.1) is 50.2 Å². The zero-order chi connectivity index (χ0) is 26.7. The monoisotopic (exact) mass is 499 g/mol. The number of nitrogens with two attached hydrogens (primary N) is 1. The summed E-state index contributed by atoms with van der Waals surface area (Å²) in [7, 11) is 0. The summed E-state index contributed by atoms with van der Waals surface area (Å²) in [5.74, 6) is -1.75. The van der Waals surface area contributed by atoms with Crippen molar-refractivity contribution in [2.75, 3.05) is 0 Å². The standard InChI is InChI=1S/C30H45NO5/c1-25-11-12-26(2,23(33)34)16-18(25)17-15-19(32)22-27(3)9-8-21(31)30(6,24(35)36)20(27)7-10-29(22,5)28(17,4)14-13-25/h15,18,20-22H,7-14,16,31H2,1-6H3,(H,33,34)(H,35,36)/t18-,20+,21-,22+,25+,26-,27-,28+,29+,30-/m0/s1. The summed E-state index contributed by atoms with van der Waals surface area (Å²) in [6.07, 6.45) is 9.02. The van der Waals surface area contributed by atoms with Crippen LogP contribution in [0.15, 0.2) is 11.6 Å². The van der Waals surface area contributed by atoms with Crippen LogP contribution in [0.25, 0.3) is 0 Å². The van der Waals surface area contributed by atoms with Crippen LogP contribution in [0.1, 0.15) is 99.3 Å². The zero-order valence-electron chi connectivity index (χ0n) is 22.9. The van der Waals surface area contributed by atoms with Crippen LogP contribution in [-0.2, 0) is 14.4 Å². The van der Waals surface area contributed by atoms with E-state index in [1.54, 1.807) is 0 Å². The summed E-state index contributed by atoms with van der Waals surface area (Å²) in [4.78, 5) is 39.1. The Kier molecular flexibility index (Phi) is 5.37. The molecule has 0 aromatic carbocycles. The second kappa shape index (κ2) is 7.45. The van der Waals surface area contributed by atoms with Gasteiger partial charge >= 0.3 is 11.9 Å². The first-order valence-electron chi connectivity index (χ1n) is 14.0. The number of allylic oxidation sites excluding steroid dienone is 2. The lowest BCUT2D eigenvalue weighted by atomic mass is 9.33. The lowest BCUT2D eigenvalue weighted by Gasteiger charge is -2.70. The average molecular weight is 500 g/mol. The number of hydrogen-bond acceptors (Lipinski definition) is 4. The summed E-state index contributed by atoms with van der Waals surface area (Å²) in [6.45, 7) is 12.8. The molecule has 200 valence electrons. The topological polar surface area (TPSA) is 118 Å². The zero-order valence-corrected chi connectivity index (χ0v) is 22.9. The van der Waals surface area contributed by atoms with Gasteiger partial charge in [-0.2, -0.15) is 0 Å². The Morgan fingerprint density at radius 1 is 0.889 bits per heavy atom. The number of carbonyl (C=O) groups is 3. The number of ketones is 1.